The van der Waals surface area contributed by atoms with Crippen LogP contribution in [0, 0.1) is 0 Å². The molecule has 0 heterocycles. The van der Waals surface area contributed by atoms with Crippen LogP contribution in [0.25, 0.3) is 0 Å². The first-order valence-corrected chi connectivity index (χ1v) is 7.24. The van der Waals surface area contributed by atoms with Crippen molar-refractivity contribution >= 4 is 11.9 Å². The van der Waals surface area contributed by atoms with Gasteiger partial charge in [-0.1, -0.05) is 31.9 Å². The van der Waals surface area contributed by atoms with E-state index in [-0.39, 0.29) is 23.8 Å². The van der Waals surface area contributed by atoms with Crippen LogP contribution in [0.3, 0.4) is 0 Å². The fourth-order valence-electron chi connectivity index (χ4n) is 2.08. The van der Waals surface area contributed by atoms with Crippen LogP contribution in [0.1, 0.15) is 59.7 Å². The first-order valence-electron chi connectivity index (χ1n) is 7.24. The number of hydrogen-bond donors (Lipinski definition) is 2. The summed E-state index contributed by atoms with van der Waals surface area (Å²) in [4.78, 5) is 23.3. The summed E-state index contributed by atoms with van der Waals surface area (Å²) < 4.78 is 5.42. The number of carbonyl (C=O) groups excluding carboxylic acids is 1. The first kappa shape index (κ1) is 17.2. The van der Waals surface area contributed by atoms with Crippen molar-refractivity contribution in [1.29, 1.82) is 0 Å². The third kappa shape index (κ3) is 5.55. The van der Waals surface area contributed by atoms with E-state index in [1.807, 2.05) is 6.92 Å². The average molecular weight is 294 g/mol. The fraction of sp³-hybridized carbons (Fsp3) is 0.500. The molecular weight excluding hydrogens is 272 g/mol. The van der Waals surface area contributed by atoms with Crippen LogP contribution in [0.4, 0.5) is 0 Å². The Kier molecular flexibility index (Phi) is 7.46. The van der Waals surface area contributed by atoms with Gasteiger partial charge in [-0.05, 0) is 31.4 Å². The average Bonchev–Trinajstić information content (AvgIpc) is 2.49. The monoisotopic (exact) mass is 294 g/mol. The molecule has 1 rings (SSSR count). The summed E-state index contributed by atoms with van der Waals surface area (Å²) in [6, 6.07) is 6.01. The molecule has 0 aliphatic carbocycles. The Balaban J connectivity index is 2.78. The molecule has 0 aliphatic rings. The van der Waals surface area contributed by atoms with Crippen LogP contribution >= 0.6 is 0 Å². The van der Waals surface area contributed by atoms with Crippen LogP contribution < -0.4 is 0 Å². The molecule has 5 nitrogen and oxygen atoms in total. The molecule has 1 aromatic rings. The van der Waals surface area contributed by atoms with E-state index in [0.717, 1.165) is 19.3 Å². The summed E-state index contributed by atoms with van der Waals surface area (Å²) in [5, 5.41) is 18.0. The van der Waals surface area contributed by atoms with E-state index < -0.39 is 11.9 Å². The maximum atomic E-state index is 12.2. The second-order valence-electron chi connectivity index (χ2n) is 4.89. The highest BCUT2D eigenvalue weighted by atomic mass is 16.5. The lowest BCUT2D eigenvalue weighted by Gasteiger charge is -2.18. The second-order valence-corrected chi connectivity index (χ2v) is 4.89. The van der Waals surface area contributed by atoms with E-state index in [2.05, 4.69) is 0 Å². The number of carboxylic acid groups (broad SMARTS) is 1. The third-order valence-corrected chi connectivity index (χ3v) is 3.21. The first-order chi connectivity index (χ1) is 10.1. The predicted octanol–water partition coefficient (Wildman–Crippen LogP) is 2.87. The van der Waals surface area contributed by atoms with Gasteiger partial charge in [0.15, 0.2) is 0 Å². The Labute approximate surface area is 124 Å². The highest BCUT2D eigenvalue weighted by Crippen LogP contribution is 2.16. The number of ether oxygens (including phenoxy) is 1. The molecule has 1 aromatic carbocycles. The highest BCUT2D eigenvalue weighted by molar-refractivity contribution is 6.02. The molecule has 0 radical (unpaired) electrons. The van der Waals surface area contributed by atoms with E-state index >= 15 is 0 Å². The quantitative estimate of drug-likeness (QED) is 0.684. The minimum absolute atomic E-state index is 0.0475. The van der Waals surface area contributed by atoms with Crippen LogP contribution in [0.15, 0.2) is 24.3 Å². The molecule has 0 saturated carbocycles. The summed E-state index contributed by atoms with van der Waals surface area (Å²) in [5.74, 6) is -1.77. The number of unbranched alkanes of at least 4 members (excludes halogenated alkanes) is 1. The van der Waals surface area contributed by atoms with Crippen molar-refractivity contribution in [3.8, 4) is 0 Å². The van der Waals surface area contributed by atoms with Crippen LogP contribution in [0.2, 0.25) is 0 Å². The molecule has 0 bridgehead atoms. The van der Waals surface area contributed by atoms with E-state index in [9.17, 15) is 9.59 Å². The van der Waals surface area contributed by atoms with Crippen LogP contribution in [-0.2, 0) is 4.74 Å². The summed E-state index contributed by atoms with van der Waals surface area (Å²) in [6.45, 7) is 2.09. The van der Waals surface area contributed by atoms with Gasteiger partial charge in [0, 0.05) is 6.61 Å². The zero-order chi connectivity index (χ0) is 15.7. The van der Waals surface area contributed by atoms with Crippen molar-refractivity contribution in [3.63, 3.8) is 0 Å². The van der Waals surface area contributed by atoms with E-state index in [4.69, 9.17) is 14.9 Å². The molecule has 1 atom stereocenters. The van der Waals surface area contributed by atoms with Gasteiger partial charge in [0.2, 0.25) is 0 Å². The van der Waals surface area contributed by atoms with Crippen molar-refractivity contribution in [1.82, 2.24) is 0 Å². The van der Waals surface area contributed by atoms with Gasteiger partial charge in [0.25, 0.3) is 0 Å². The zero-order valence-electron chi connectivity index (χ0n) is 12.2. The predicted molar refractivity (Wildman–Crippen MR) is 78.4 cm³/mol. The number of rotatable bonds is 9. The van der Waals surface area contributed by atoms with Crippen molar-refractivity contribution in [3.05, 3.63) is 35.4 Å². The smallest absolute Gasteiger partial charge is 0.339 e. The summed E-state index contributed by atoms with van der Waals surface area (Å²) in [5.41, 5.74) is 0.00870. The largest absolute Gasteiger partial charge is 0.478 e. The lowest BCUT2D eigenvalue weighted by atomic mass is 10.1. The maximum Gasteiger partial charge on any atom is 0.339 e. The van der Waals surface area contributed by atoms with Crippen LogP contribution in [0.5, 0.6) is 0 Å². The lowest BCUT2D eigenvalue weighted by Crippen LogP contribution is -2.20. The van der Waals surface area contributed by atoms with Gasteiger partial charge in [-0.3, -0.25) is 0 Å². The molecule has 21 heavy (non-hydrogen) atoms. The van der Waals surface area contributed by atoms with E-state index in [1.165, 1.54) is 12.1 Å². The van der Waals surface area contributed by atoms with Crippen molar-refractivity contribution in [2.45, 2.75) is 45.1 Å². The Morgan fingerprint density at radius 1 is 1.14 bits per heavy atom. The topological polar surface area (TPSA) is 83.8 Å². The molecule has 0 spiro atoms. The number of carboxylic acids is 1. The second kappa shape index (κ2) is 9.13. The number of hydrogen-bond acceptors (Lipinski definition) is 4. The normalized spacial score (nSPS) is 11.9. The fourth-order valence-corrected chi connectivity index (χ4v) is 2.08. The number of aliphatic hydroxyl groups excluding tert-OH is 1. The van der Waals surface area contributed by atoms with E-state index in [1.54, 1.807) is 12.1 Å². The summed E-state index contributed by atoms with van der Waals surface area (Å²) in [7, 11) is 0. The Morgan fingerprint density at radius 2 is 1.76 bits per heavy atom. The SMILES string of the molecule is CCCCC(CCCO)OC(=O)c1ccccc1C(=O)O. The molecule has 0 aliphatic heterocycles. The van der Waals surface area contributed by atoms with Gasteiger partial charge >= 0.3 is 11.9 Å². The Morgan fingerprint density at radius 3 is 2.33 bits per heavy atom. The van der Waals surface area contributed by atoms with Crippen molar-refractivity contribution in [2.24, 2.45) is 0 Å². The number of benzene rings is 1. The minimum Gasteiger partial charge on any atom is -0.478 e. The van der Waals surface area contributed by atoms with Gasteiger partial charge in [0.05, 0.1) is 11.1 Å². The molecule has 0 amide bonds. The Bertz CT molecular complexity index is 461. The highest BCUT2D eigenvalue weighted by Gasteiger charge is 2.20. The van der Waals surface area contributed by atoms with Crippen LogP contribution in [-0.4, -0.2) is 34.9 Å². The molecule has 2 N–H and O–H groups in total. The zero-order valence-corrected chi connectivity index (χ0v) is 12.2. The molecular formula is C16H22O5. The number of aliphatic hydroxyl groups is 1. The summed E-state index contributed by atoms with van der Waals surface area (Å²) in [6.07, 6.45) is 3.48. The van der Waals surface area contributed by atoms with Crippen molar-refractivity contribution < 1.29 is 24.5 Å². The minimum atomic E-state index is -1.15. The van der Waals surface area contributed by atoms with Gasteiger partial charge < -0.3 is 14.9 Å². The van der Waals surface area contributed by atoms with Gasteiger partial charge in [-0.15, -0.1) is 0 Å². The molecule has 0 saturated heterocycles. The van der Waals surface area contributed by atoms with Crippen molar-refractivity contribution in [2.75, 3.05) is 6.61 Å². The molecule has 116 valence electrons. The molecule has 5 heteroatoms. The number of aromatic carboxylic acids is 1. The van der Waals surface area contributed by atoms with Gasteiger partial charge in [-0.2, -0.15) is 0 Å². The lowest BCUT2D eigenvalue weighted by molar-refractivity contribution is 0.0235. The third-order valence-electron chi connectivity index (χ3n) is 3.21. The number of carbonyl (C=O) groups is 2. The molecule has 0 fully saturated rings. The maximum absolute atomic E-state index is 12.2. The van der Waals surface area contributed by atoms with Gasteiger partial charge in [-0.25, -0.2) is 9.59 Å². The Hall–Kier alpha value is -1.88. The van der Waals surface area contributed by atoms with E-state index in [0.29, 0.717) is 12.8 Å². The molecule has 1 unspecified atom stereocenters. The number of esters is 1. The summed E-state index contributed by atoms with van der Waals surface area (Å²) >= 11 is 0. The standard InChI is InChI=1S/C16H22O5/c1-2-3-7-12(8-6-11-17)21-16(20)14-10-5-4-9-13(14)15(18)19/h4-5,9-10,12,17H,2-3,6-8,11H2,1H3,(H,18,19). The van der Waals surface area contributed by atoms with Gasteiger partial charge in [0.1, 0.15) is 6.10 Å². The molecule has 0 aromatic heterocycles.